The van der Waals surface area contributed by atoms with Crippen LogP contribution < -0.4 is 0 Å². The summed E-state index contributed by atoms with van der Waals surface area (Å²) >= 11 is 0. The van der Waals surface area contributed by atoms with Crippen molar-refractivity contribution in [3.8, 4) is 0 Å². The van der Waals surface area contributed by atoms with Crippen molar-refractivity contribution >= 4 is 0 Å². The fourth-order valence-electron chi connectivity index (χ4n) is 3.47. The Bertz CT molecular complexity index is 373. The van der Waals surface area contributed by atoms with E-state index in [0.29, 0.717) is 0 Å². The first-order valence-corrected chi connectivity index (χ1v) is 9.45. The summed E-state index contributed by atoms with van der Waals surface area (Å²) in [6.45, 7) is 6.63. The summed E-state index contributed by atoms with van der Waals surface area (Å²) in [6, 6.07) is 10.7. The third-order valence-electron chi connectivity index (χ3n) is 5.02. The smallest absolute Gasteiger partial charge is 0.0713 e. The maximum atomic E-state index is 11.3. The highest BCUT2D eigenvalue weighted by Gasteiger charge is 2.34. The van der Waals surface area contributed by atoms with Gasteiger partial charge in [-0.3, -0.25) is 0 Å². The molecular weight excluding hydrogens is 268 g/mol. The molecule has 1 N–H and O–H groups in total. The lowest BCUT2D eigenvalue weighted by Gasteiger charge is -2.36. The van der Waals surface area contributed by atoms with Crippen molar-refractivity contribution in [3.05, 3.63) is 35.9 Å². The summed E-state index contributed by atoms with van der Waals surface area (Å²) in [5.74, 6) is 0.282. The Kier molecular flexibility index (Phi) is 9.47. The molecule has 1 heteroatoms. The topological polar surface area (TPSA) is 20.2 Å². The van der Waals surface area contributed by atoms with Gasteiger partial charge in [-0.25, -0.2) is 0 Å². The summed E-state index contributed by atoms with van der Waals surface area (Å²) in [7, 11) is 0. The zero-order valence-corrected chi connectivity index (χ0v) is 15.0. The van der Waals surface area contributed by atoms with Gasteiger partial charge in [0, 0.05) is 5.92 Å². The molecule has 126 valence electrons. The summed E-state index contributed by atoms with van der Waals surface area (Å²) in [4.78, 5) is 0. The molecule has 2 atom stereocenters. The molecule has 0 aliphatic carbocycles. The molecule has 1 aromatic carbocycles. The third kappa shape index (κ3) is 6.12. The lowest BCUT2D eigenvalue weighted by atomic mass is 9.74. The van der Waals surface area contributed by atoms with Crippen molar-refractivity contribution < 1.29 is 5.11 Å². The molecule has 0 spiro atoms. The first-order valence-electron chi connectivity index (χ1n) is 9.45. The van der Waals surface area contributed by atoms with Crippen molar-refractivity contribution in [1.29, 1.82) is 0 Å². The minimum absolute atomic E-state index is 0.282. The second kappa shape index (κ2) is 10.8. The highest BCUT2D eigenvalue weighted by atomic mass is 16.3. The molecule has 0 heterocycles. The molecule has 0 aliphatic heterocycles. The molecular formula is C21H36O. The SMILES string of the molecule is CCCCCCCC(O)(CC)C(CCCC)c1ccccc1. The van der Waals surface area contributed by atoms with Crippen LogP contribution in [0.4, 0.5) is 0 Å². The minimum atomic E-state index is -0.539. The molecule has 1 rings (SSSR count). The van der Waals surface area contributed by atoms with Crippen molar-refractivity contribution in [2.75, 3.05) is 0 Å². The van der Waals surface area contributed by atoms with Crippen molar-refractivity contribution in [2.45, 2.75) is 96.5 Å². The van der Waals surface area contributed by atoms with Crippen molar-refractivity contribution in [2.24, 2.45) is 0 Å². The van der Waals surface area contributed by atoms with Crippen molar-refractivity contribution in [3.63, 3.8) is 0 Å². The van der Waals surface area contributed by atoms with Crippen LogP contribution in [0, 0.1) is 0 Å². The molecule has 0 aliphatic rings. The van der Waals surface area contributed by atoms with Gasteiger partial charge in [-0.15, -0.1) is 0 Å². The largest absolute Gasteiger partial charge is 0.389 e. The average molecular weight is 305 g/mol. The Morgan fingerprint density at radius 1 is 0.864 bits per heavy atom. The lowest BCUT2D eigenvalue weighted by Crippen LogP contribution is -2.36. The number of benzene rings is 1. The van der Waals surface area contributed by atoms with E-state index < -0.39 is 5.60 Å². The van der Waals surface area contributed by atoms with Crippen LogP contribution >= 0.6 is 0 Å². The van der Waals surface area contributed by atoms with Gasteiger partial charge < -0.3 is 5.11 Å². The molecule has 2 unspecified atom stereocenters. The summed E-state index contributed by atoms with van der Waals surface area (Å²) in [5, 5.41) is 11.3. The van der Waals surface area contributed by atoms with Gasteiger partial charge in [0.1, 0.15) is 0 Å². The molecule has 0 saturated heterocycles. The zero-order chi connectivity index (χ0) is 16.3. The fourth-order valence-corrected chi connectivity index (χ4v) is 3.47. The molecule has 1 nitrogen and oxygen atoms in total. The van der Waals surface area contributed by atoms with E-state index in [0.717, 1.165) is 25.7 Å². The Hall–Kier alpha value is -0.820. The van der Waals surface area contributed by atoms with Gasteiger partial charge in [-0.1, -0.05) is 96.0 Å². The highest BCUT2D eigenvalue weighted by molar-refractivity contribution is 5.23. The summed E-state index contributed by atoms with van der Waals surface area (Å²) in [5.41, 5.74) is 0.775. The predicted molar refractivity (Wildman–Crippen MR) is 97.3 cm³/mol. The van der Waals surface area contributed by atoms with Crippen LogP contribution in [0.5, 0.6) is 0 Å². The monoisotopic (exact) mass is 304 g/mol. The summed E-state index contributed by atoms with van der Waals surface area (Å²) in [6.07, 6.45) is 11.6. The lowest BCUT2D eigenvalue weighted by molar-refractivity contribution is -0.00600. The van der Waals surface area contributed by atoms with Gasteiger partial charge in [-0.2, -0.15) is 0 Å². The van der Waals surface area contributed by atoms with Crippen LogP contribution in [0.3, 0.4) is 0 Å². The first kappa shape index (κ1) is 19.2. The molecule has 0 saturated carbocycles. The van der Waals surface area contributed by atoms with Crippen LogP contribution in [-0.2, 0) is 0 Å². The fraction of sp³-hybridized carbons (Fsp3) is 0.714. The van der Waals surface area contributed by atoms with Crippen LogP contribution in [0.2, 0.25) is 0 Å². The molecule has 0 radical (unpaired) electrons. The first-order chi connectivity index (χ1) is 10.7. The Balaban J connectivity index is 2.73. The van der Waals surface area contributed by atoms with Gasteiger partial charge in [0.25, 0.3) is 0 Å². The average Bonchev–Trinajstić information content (AvgIpc) is 2.56. The van der Waals surface area contributed by atoms with Crippen LogP contribution in [-0.4, -0.2) is 10.7 Å². The molecule has 0 bridgehead atoms. The minimum Gasteiger partial charge on any atom is -0.389 e. The maximum absolute atomic E-state index is 11.3. The van der Waals surface area contributed by atoms with Crippen LogP contribution in [0.15, 0.2) is 30.3 Å². The van der Waals surface area contributed by atoms with E-state index in [1.54, 1.807) is 0 Å². The van der Waals surface area contributed by atoms with E-state index in [9.17, 15) is 5.11 Å². The standard InChI is InChI=1S/C21H36O/c1-4-7-9-10-14-18-21(22,6-3)20(17-8-5-2)19-15-12-11-13-16-19/h11-13,15-16,20,22H,4-10,14,17-18H2,1-3H3. The van der Waals surface area contributed by atoms with Crippen LogP contribution in [0.1, 0.15) is 96.5 Å². The van der Waals surface area contributed by atoms with Gasteiger partial charge in [0.05, 0.1) is 5.60 Å². The normalized spacial score (nSPS) is 15.5. The highest BCUT2D eigenvalue weighted by Crippen LogP contribution is 2.39. The third-order valence-corrected chi connectivity index (χ3v) is 5.02. The van der Waals surface area contributed by atoms with E-state index in [2.05, 4.69) is 51.1 Å². The van der Waals surface area contributed by atoms with E-state index in [1.807, 2.05) is 0 Å². The van der Waals surface area contributed by atoms with Crippen LogP contribution in [0.25, 0.3) is 0 Å². The summed E-state index contributed by atoms with van der Waals surface area (Å²) < 4.78 is 0. The van der Waals surface area contributed by atoms with Gasteiger partial charge in [-0.05, 0) is 24.8 Å². The molecule has 0 amide bonds. The van der Waals surface area contributed by atoms with Gasteiger partial charge in [0.2, 0.25) is 0 Å². The van der Waals surface area contributed by atoms with E-state index in [-0.39, 0.29) is 5.92 Å². The number of unbranched alkanes of at least 4 members (excludes halogenated alkanes) is 5. The Labute approximate surface area is 138 Å². The maximum Gasteiger partial charge on any atom is 0.0713 e. The molecule has 22 heavy (non-hydrogen) atoms. The quantitative estimate of drug-likeness (QED) is 0.439. The number of aliphatic hydroxyl groups is 1. The van der Waals surface area contributed by atoms with Gasteiger partial charge in [0.15, 0.2) is 0 Å². The van der Waals surface area contributed by atoms with Crippen molar-refractivity contribution in [1.82, 2.24) is 0 Å². The molecule has 0 aromatic heterocycles. The van der Waals surface area contributed by atoms with E-state index >= 15 is 0 Å². The number of hydrogen-bond donors (Lipinski definition) is 1. The molecule has 0 fully saturated rings. The van der Waals surface area contributed by atoms with E-state index in [1.165, 1.54) is 44.1 Å². The Morgan fingerprint density at radius 2 is 1.50 bits per heavy atom. The zero-order valence-electron chi connectivity index (χ0n) is 15.0. The predicted octanol–water partition coefficient (Wildman–Crippen LogP) is 6.46. The number of rotatable bonds is 12. The second-order valence-corrected chi connectivity index (χ2v) is 6.73. The Morgan fingerprint density at radius 3 is 2.09 bits per heavy atom. The van der Waals surface area contributed by atoms with Gasteiger partial charge >= 0.3 is 0 Å². The number of hydrogen-bond acceptors (Lipinski definition) is 1. The second-order valence-electron chi connectivity index (χ2n) is 6.73. The van der Waals surface area contributed by atoms with E-state index in [4.69, 9.17) is 0 Å². The molecule has 1 aromatic rings.